The first kappa shape index (κ1) is 15.4. The number of aromatic amines is 1. The zero-order chi connectivity index (χ0) is 14.9. The Labute approximate surface area is 127 Å². The molecule has 2 N–H and O–H groups in total. The molecule has 21 heavy (non-hydrogen) atoms. The molecule has 6 nitrogen and oxygen atoms in total. The first-order valence-electron chi connectivity index (χ1n) is 6.74. The van der Waals surface area contributed by atoms with Crippen molar-refractivity contribution in [3.63, 3.8) is 0 Å². The van der Waals surface area contributed by atoms with E-state index < -0.39 is 0 Å². The number of carbonyl (C=O) groups excluding carboxylic acids is 1. The monoisotopic (exact) mass is 306 g/mol. The Balaban J connectivity index is 1.66. The summed E-state index contributed by atoms with van der Waals surface area (Å²) in [4.78, 5) is 16.8. The largest absolute Gasteiger partial charge is 0.494 e. The molecule has 1 amide bonds. The summed E-state index contributed by atoms with van der Waals surface area (Å²) in [5.74, 6) is 2.02. The zero-order valence-electron chi connectivity index (χ0n) is 11.8. The molecule has 1 aromatic heterocycles. The van der Waals surface area contributed by atoms with E-state index in [1.807, 2.05) is 31.2 Å². The Kier molecular flexibility index (Phi) is 6.08. The second-order valence-electron chi connectivity index (χ2n) is 4.23. The minimum atomic E-state index is 0.00778. The van der Waals surface area contributed by atoms with E-state index >= 15 is 0 Å². The number of thioether (sulfide) groups is 1. The number of benzene rings is 1. The second-order valence-corrected chi connectivity index (χ2v) is 5.27. The van der Waals surface area contributed by atoms with Gasteiger partial charge in [0.2, 0.25) is 5.91 Å². The van der Waals surface area contributed by atoms with Gasteiger partial charge in [-0.05, 0) is 31.2 Å². The maximum atomic E-state index is 11.7. The number of hydrogen-bond donors (Lipinski definition) is 2. The highest BCUT2D eigenvalue weighted by atomic mass is 32.2. The lowest BCUT2D eigenvalue weighted by Crippen LogP contribution is -2.27. The van der Waals surface area contributed by atoms with E-state index in [1.54, 1.807) is 0 Å². The lowest BCUT2D eigenvalue weighted by Gasteiger charge is -2.06. The highest BCUT2D eigenvalue weighted by molar-refractivity contribution is 8.00. The van der Waals surface area contributed by atoms with E-state index in [2.05, 4.69) is 20.5 Å². The van der Waals surface area contributed by atoms with Crippen LogP contribution in [0.15, 0.2) is 35.5 Å². The van der Waals surface area contributed by atoms with Crippen LogP contribution >= 0.6 is 11.8 Å². The summed E-state index contributed by atoms with van der Waals surface area (Å²) in [6, 6.07) is 7.73. The molecule has 0 fully saturated rings. The van der Waals surface area contributed by atoms with Crippen LogP contribution < -0.4 is 10.1 Å². The molecule has 0 saturated heterocycles. The summed E-state index contributed by atoms with van der Waals surface area (Å²) >= 11 is 1.50. The van der Waals surface area contributed by atoms with Gasteiger partial charge < -0.3 is 10.1 Å². The smallest absolute Gasteiger partial charge is 0.230 e. The molecule has 1 aromatic carbocycles. The van der Waals surface area contributed by atoms with Gasteiger partial charge in [-0.1, -0.05) is 0 Å². The number of rotatable bonds is 8. The summed E-state index contributed by atoms with van der Waals surface area (Å²) in [5, 5.41) is 9.36. The SMILES string of the molecule is CCOc1ccc(SCC(=O)NCCc2ncn[nH]2)cc1. The highest BCUT2D eigenvalue weighted by Crippen LogP contribution is 2.21. The molecule has 0 aliphatic rings. The zero-order valence-corrected chi connectivity index (χ0v) is 12.7. The lowest BCUT2D eigenvalue weighted by atomic mass is 10.3. The van der Waals surface area contributed by atoms with Crippen LogP contribution in [-0.2, 0) is 11.2 Å². The molecule has 2 aromatic rings. The fourth-order valence-corrected chi connectivity index (χ4v) is 2.40. The Morgan fingerprint density at radius 3 is 2.86 bits per heavy atom. The van der Waals surface area contributed by atoms with Gasteiger partial charge in [0.25, 0.3) is 0 Å². The molecule has 0 aliphatic heterocycles. The molecular weight excluding hydrogens is 288 g/mol. The van der Waals surface area contributed by atoms with E-state index in [0.717, 1.165) is 16.5 Å². The number of nitrogens with zero attached hydrogens (tertiary/aromatic N) is 2. The van der Waals surface area contributed by atoms with Crippen molar-refractivity contribution >= 4 is 17.7 Å². The van der Waals surface area contributed by atoms with Crippen LogP contribution in [0.1, 0.15) is 12.7 Å². The molecule has 112 valence electrons. The molecule has 0 radical (unpaired) electrons. The van der Waals surface area contributed by atoms with Gasteiger partial charge in [0.05, 0.1) is 12.4 Å². The van der Waals surface area contributed by atoms with Crippen LogP contribution in [0.2, 0.25) is 0 Å². The quantitative estimate of drug-likeness (QED) is 0.725. The fraction of sp³-hybridized carbons (Fsp3) is 0.357. The van der Waals surface area contributed by atoms with Gasteiger partial charge >= 0.3 is 0 Å². The number of hydrogen-bond acceptors (Lipinski definition) is 5. The van der Waals surface area contributed by atoms with Crippen molar-refractivity contribution in [2.24, 2.45) is 0 Å². The lowest BCUT2D eigenvalue weighted by molar-refractivity contribution is -0.118. The molecule has 7 heteroatoms. The van der Waals surface area contributed by atoms with Crippen molar-refractivity contribution in [3.05, 3.63) is 36.4 Å². The first-order valence-corrected chi connectivity index (χ1v) is 7.73. The summed E-state index contributed by atoms with van der Waals surface area (Å²) < 4.78 is 5.37. The molecular formula is C14H18N4O2S. The molecule has 1 heterocycles. The maximum Gasteiger partial charge on any atom is 0.230 e. The van der Waals surface area contributed by atoms with Crippen LogP contribution in [0, 0.1) is 0 Å². The molecule has 0 unspecified atom stereocenters. The first-order chi connectivity index (χ1) is 10.3. The van der Waals surface area contributed by atoms with E-state index in [0.29, 0.717) is 25.3 Å². The summed E-state index contributed by atoms with van der Waals surface area (Å²) in [6.07, 6.45) is 2.11. The van der Waals surface area contributed by atoms with Gasteiger partial charge in [0.1, 0.15) is 17.9 Å². The van der Waals surface area contributed by atoms with Crippen molar-refractivity contribution in [2.75, 3.05) is 18.9 Å². The van der Waals surface area contributed by atoms with Gasteiger partial charge in [-0.15, -0.1) is 11.8 Å². The van der Waals surface area contributed by atoms with Crippen molar-refractivity contribution in [1.29, 1.82) is 0 Å². The van der Waals surface area contributed by atoms with Gasteiger partial charge in [-0.3, -0.25) is 9.89 Å². The summed E-state index contributed by atoms with van der Waals surface area (Å²) in [7, 11) is 0. The number of H-pyrrole nitrogens is 1. The molecule has 0 aliphatic carbocycles. The molecule has 0 atom stereocenters. The average molecular weight is 306 g/mol. The predicted octanol–water partition coefficient (Wildman–Crippen LogP) is 1.65. The number of carbonyl (C=O) groups is 1. The van der Waals surface area contributed by atoms with E-state index in [9.17, 15) is 4.79 Å². The van der Waals surface area contributed by atoms with Crippen molar-refractivity contribution < 1.29 is 9.53 Å². The van der Waals surface area contributed by atoms with Crippen LogP contribution in [-0.4, -0.2) is 40.0 Å². The molecule has 0 saturated carbocycles. The Morgan fingerprint density at radius 2 is 2.19 bits per heavy atom. The number of nitrogens with one attached hydrogen (secondary N) is 2. The normalized spacial score (nSPS) is 10.3. The summed E-state index contributed by atoms with van der Waals surface area (Å²) in [6.45, 7) is 3.16. The third-order valence-corrected chi connectivity index (χ3v) is 3.67. The topological polar surface area (TPSA) is 79.9 Å². The van der Waals surface area contributed by atoms with E-state index in [4.69, 9.17) is 4.74 Å². The van der Waals surface area contributed by atoms with Crippen LogP contribution in [0.4, 0.5) is 0 Å². The second kappa shape index (κ2) is 8.31. The maximum absolute atomic E-state index is 11.7. The van der Waals surface area contributed by atoms with Crippen molar-refractivity contribution in [2.45, 2.75) is 18.2 Å². The molecule has 0 bridgehead atoms. The van der Waals surface area contributed by atoms with Crippen LogP contribution in [0.5, 0.6) is 5.75 Å². The highest BCUT2D eigenvalue weighted by Gasteiger charge is 2.03. The minimum Gasteiger partial charge on any atom is -0.494 e. The van der Waals surface area contributed by atoms with E-state index in [-0.39, 0.29) is 5.91 Å². The number of aromatic nitrogens is 3. The van der Waals surface area contributed by atoms with Gasteiger partial charge in [0.15, 0.2) is 0 Å². The van der Waals surface area contributed by atoms with Gasteiger partial charge in [0, 0.05) is 17.9 Å². The third kappa shape index (κ3) is 5.47. The third-order valence-electron chi connectivity index (χ3n) is 2.65. The van der Waals surface area contributed by atoms with E-state index in [1.165, 1.54) is 18.1 Å². The van der Waals surface area contributed by atoms with Crippen molar-refractivity contribution in [1.82, 2.24) is 20.5 Å². The van der Waals surface area contributed by atoms with Gasteiger partial charge in [-0.25, -0.2) is 4.98 Å². The van der Waals surface area contributed by atoms with Crippen LogP contribution in [0.3, 0.4) is 0 Å². The predicted molar refractivity (Wildman–Crippen MR) is 81.4 cm³/mol. The standard InChI is InChI=1S/C14H18N4O2S/c1-2-20-11-3-5-12(6-4-11)21-9-14(19)15-8-7-13-16-10-17-18-13/h3-6,10H,2,7-9H2,1H3,(H,15,19)(H,16,17,18). The Hall–Kier alpha value is -2.02. The fourth-order valence-electron chi connectivity index (χ4n) is 1.67. The summed E-state index contributed by atoms with van der Waals surface area (Å²) in [5.41, 5.74) is 0. The molecule has 0 spiro atoms. The number of ether oxygens (including phenoxy) is 1. The van der Waals surface area contributed by atoms with Crippen LogP contribution in [0.25, 0.3) is 0 Å². The van der Waals surface area contributed by atoms with Gasteiger partial charge in [-0.2, -0.15) is 5.10 Å². The molecule has 2 rings (SSSR count). The number of amides is 1. The Morgan fingerprint density at radius 1 is 1.38 bits per heavy atom. The minimum absolute atomic E-state index is 0.00778. The van der Waals surface area contributed by atoms with Crippen molar-refractivity contribution in [3.8, 4) is 5.75 Å². The average Bonchev–Trinajstić information content (AvgIpc) is 3.00. The Bertz CT molecular complexity index is 543.